The first kappa shape index (κ1) is 23.7. The molecule has 0 aliphatic carbocycles. The maximum atomic E-state index is 13.6. The van der Waals surface area contributed by atoms with Crippen LogP contribution in [-0.2, 0) is 14.1 Å². The van der Waals surface area contributed by atoms with Gasteiger partial charge in [0.1, 0.15) is 43.8 Å². The molecule has 14 heteroatoms. The van der Waals surface area contributed by atoms with Crippen LogP contribution in [0.1, 0.15) is 19.5 Å². The normalized spacial score (nSPS) is 11.2. The number of fused-ring (bicyclic) bond motifs is 6. The molecular formula is C24H6N6O4S4. The molecule has 0 amide bonds. The molecule has 0 aliphatic rings. The second-order valence-corrected chi connectivity index (χ2v) is 12.2. The van der Waals surface area contributed by atoms with E-state index in [0.29, 0.717) is 0 Å². The highest BCUT2D eigenvalue weighted by Crippen LogP contribution is 2.46. The van der Waals surface area contributed by atoms with Gasteiger partial charge in [0.2, 0.25) is 0 Å². The monoisotopic (exact) mass is 570 g/mol. The van der Waals surface area contributed by atoms with E-state index in [0.717, 1.165) is 54.5 Å². The predicted octanol–water partition coefficient (Wildman–Crippen LogP) is 3.30. The molecule has 4 heterocycles. The largest absolute Gasteiger partial charge is 0.277 e. The molecule has 10 nitrogen and oxygen atoms in total. The molecule has 38 heavy (non-hydrogen) atoms. The summed E-state index contributed by atoms with van der Waals surface area (Å²) in [5, 5.41) is 39.0. The van der Waals surface area contributed by atoms with E-state index in [2.05, 4.69) is 0 Å². The van der Waals surface area contributed by atoms with E-state index < -0.39 is 22.2 Å². The van der Waals surface area contributed by atoms with Crippen LogP contribution >= 0.6 is 45.3 Å². The molecule has 0 bridgehead atoms. The Morgan fingerprint density at radius 2 is 0.658 bits per heavy atom. The zero-order valence-corrected chi connectivity index (χ0v) is 22.2. The smallest absolute Gasteiger partial charge is 0.262 e. The fourth-order valence-electron chi connectivity index (χ4n) is 4.61. The van der Waals surface area contributed by atoms with Crippen molar-refractivity contribution in [1.82, 2.24) is 9.13 Å². The number of aromatic nitrogens is 2. The van der Waals surface area contributed by atoms with Gasteiger partial charge < -0.3 is 0 Å². The molecule has 0 atom stereocenters. The van der Waals surface area contributed by atoms with E-state index in [-0.39, 0.29) is 70.6 Å². The van der Waals surface area contributed by atoms with Crippen molar-refractivity contribution < 1.29 is 0 Å². The first-order valence-electron chi connectivity index (χ1n) is 10.4. The maximum absolute atomic E-state index is 13.6. The Balaban J connectivity index is 2.22. The highest BCUT2D eigenvalue weighted by molar-refractivity contribution is 7.31. The number of rotatable bonds is 0. The lowest BCUT2D eigenvalue weighted by Gasteiger charge is -2.17. The van der Waals surface area contributed by atoms with Crippen LogP contribution in [0, 0.1) is 45.3 Å². The second-order valence-electron chi connectivity index (χ2n) is 8.08. The summed E-state index contributed by atoms with van der Waals surface area (Å²) >= 11 is 3.44. The number of hydrogen-bond acceptors (Lipinski definition) is 12. The minimum atomic E-state index is -0.692. The molecule has 4 aromatic heterocycles. The Morgan fingerprint density at radius 1 is 0.447 bits per heavy atom. The molecular weight excluding hydrogens is 565 g/mol. The van der Waals surface area contributed by atoms with E-state index >= 15 is 0 Å². The third-order valence-electron chi connectivity index (χ3n) is 6.28. The summed E-state index contributed by atoms with van der Waals surface area (Å²) in [5.41, 5.74) is -2.77. The van der Waals surface area contributed by atoms with Gasteiger partial charge in [-0.05, 0) is 0 Å². The Kier molecular flexibility index (Phi) is 4.92. The molecule has 0 fully saturated rings. The SMILES string of the molecule is Cn1c(=O)c2c3sc(C#N)c(C#N)sc3c3c(=O)n(C)c(=O)c4c5sc(C#N)c(C#N)sc5c(c1=O)c2c34. The van der Waals surface area contributed by atoms with E-state index in [1.165, 1.54) is 14.1 Å². The van der Waals surface area contributed by atoms with Crippen LogP contribution in [-0.4, -0.2) is 9.13 Å². The number of pyridine rings is 2. The summed E-state index contributed by atoms with van der Waals surface area (Å²) in [4.78, 5) is 54.5. The fourth-order valence-corrected chi connectivity index (χ4v) is 9.10. The molecule has 6 aromatic rings. The second kappa shape index (κ2) is 7.90. The molecule has 0 aliphatic heterocycles. The number of nitrogens with zero attached hydrogens (tertiary/aromatic N) is 6. The summed E-state index contributed by atoms with van der Waals surface area (Å²) in [5.74, 6) is 0. The molecule has 180 valence electrons. The molecule has 6 rings (SSSR count). The zero-order chi connectivity index (χ0) is 27.2. The maximum Gasteiger partial charge on any atom is 0.262 e. The van der Waals surface area contributed by atoms with Crippen LogP contribution in [0.2, 0.25) is 0 Å². The number of benzene rings is 2. The predicted molar refractivity (Wildman–Crippen MR) is 147 cm³/mol. The van der Waals surface area contributed by atoms with Crippen LogP contribution in [0.25, 0.3) is 51.1 Å². The van der Waals surface area contributed by atoms with Crippen molar-refractivity contribution >= 4 is 96.5 Å². The lowest BCUT2D eigenvalue weighted by atomic mass is 9.96. The van der Waals surface area contributed by atoms with E-state index in [9.17, 15) is 40.2 Å². The topological polar surface area (TPSA) is 173 Å². The van der Waals surface area contributed by atoms with Crippen molar-refractivity contribution in [2.24, 2.45) is 14.1 Å². The summed E-state index contributed by atoms with van der Waals surface area (Å²) in [6, 6.07) is 7.82. The highest BCUT2D eigenvalue weighted by Gasteiger charge is 2.29. The van der Waals surface area contributed by atoms with Gasteiger partial charge in [-0.3, -0.25) is 28.3 Å². The van der Waals surface area contributed by atoms with Gasteiger partial charge in [-0.1, -0.05) is 0 Å². The van der Waals surface area contributed by atoms with Crippen LogP contribution < -0.4 is 22.2 Å². The quantitative estimate of drug-likeness (QED) is 0.197. The van der Waals surface area contributed by atoms with Gasteiger partial charge >= 0.3 is 0 Å². The fraction of sp³-hybridized carbons (Fsp3) is 0.0833. The van der Waals surface area contributed by atoms with Gasteiger partial charge in [0.05, 0.1) is 40.3 Å². The van der Waals surface area contributed by atoms with Crippen LogP contribution in [0.15, 0.2) is 19.2 Å². The lowest BCUT2D eigenvalue weighted by Crippen LogP contribution is -2.33. The molecule has 0 unspecified atom stereocenters. The van der Waals surface area contributed by atoms with Gasteiger partial charge in [-0.25, -0.2) is 0 Å². The third-order valence-corrected chi connectivity index (χ3v) is 11.2. The van der Waals surface area contributed by atoms with Crippen molar-refractivity contribution in [3.05, 3.63) is 60.9 Å². The Labute approximate surface area is 225 Å². The van der Waals surface area contributed by atoms with Crippen molar-refractivity contribution in [2.75, 3.05) is 0 Å². The standard InChI is InChI=1S/C24H6N6O4S4/c1-29-21(31)13-11-12-15(19-17(13)35-7(3-25)9(5-27)37-19)23(33)30(2)24(34)16(12)20-18(14(11)22(29)32)36-8(4-26)10(6-28)38-20/h1-2H3. The Morgan fingerprint density at radius 3 is 0.842 bits per heavy atom. The summed E-state index contributed by atoms with van der Waals surface area (Å²) in [6.45, 7) is 0. The van der Waals surface area contributed by atoms with Crippen molar-refractivity contribution in [1.29, 1.82) is 21.0 Å². The molecule has 0 saturated carbocycles. The molecule has 0 spiro atoms. The van der Waals surface area contributed by atoms with Gasteiger partial charge in [-0.2, -0.15) is 21.0 Å². The van der Waals surface area contributed by atoms with E-state index in [1.54, 1.807) is 0 Å². The van der Waals surface area contributed by atoms with Gasteiger partial charge in [0.25, 0.3) is 22.2 Å². The number of hydrogen-bond donors (Lipinski definition) is 0. The number of nitriles is 4. The Hall–Kier alpha value is -4.70. The van der Waals surface area contributed by atoms with Gasteiger partial charge in [-0.15, -0.1) is 45.3 Å². The molecule has 0 radical (unpaired) electrons. The van der Waals surface area contributed by atoms with Crippen molar-refractivity contribution in [2.45, 2.75) is 0 Å². The van der Waals surface area contributed by atoms with Gasteiger partial charge in [0, 0.05) is 24.9 Å². The van der Waals surface area contributed by atoms with Crippen molar-refractivity contribution in [3.63, 3.8) is 0 Å². The van der Waals surface area contributed by atoms with Gasteiger partial charge in [0.15, 0.2) is 0 Å². The summed E-state index contributed by atoms with van der Waals surface area (Å²) in [6.07, 6.45) is 0. The first-order chi connectivity index (χ1) is 18.2. The van der Waals surface area contributed by atoms with Crippen LogP contribution in [0.3, 0.4) is 0 Å². The van der Waals surface area contributed by atoms with Crippen molar-refractivity contribution in [3.8, 4) is 24.3 Å². The minimum Gasteiger partial charge on any atom is -0.277 e. The average molecular weight is 571 g/mol. The minimum absolute atomic E-state index is 0.0332. The lowest BCUT2D eigenvalue weighted by molar-refractivity contribution is 0.840. The molecule has 2 aromatic carbocycles. The van der Waals surface area contributed by atoms with Crippen LogP contribution in [0.5, 0.6) is 0 Å². The van der Waals surface area contributed by atoms with E-state index in [1.807, 2.05) is 24.3 Å². The van der Waals surface area contributed by atoms with Crippen LogP contribution in [0.4, 0.5) is 0 Å². The van der Waals surface area contributed by atoms with E-state index in [4.69, 9.17) is 0 Å². The first-order valence-corrected chi connectivity index (χ1v) is 13.6. The molecule has 0 N–H and O–H groups in total. The third kappa shape index (κ3) is 2.69. The summed E-state index contributed by atoms with van der Waals surface area (Å²) in [7, 11) is 2.58. The molecule has 0 saturated heterocycles. The highest BCUT2D eigenvalue weighted by atomic mass is 32.1. The average Bonchev–Trinajstić information content (AvgIpc) is 2.93. The zero-order valence-electron chi connectivity index (χ0n) is 18.9. The summed E-state index contributed by atoms with van der Waals surface area (Å²) < 4.78 is 2.76. The Bertz CT molecular complexity index is 2220.